The Morgan fingerprint density at radius 2 is 1.74 bits per heavy atom. The van der Waals surface area contributed by atoms with Gasteiger partial charge in [0.15, 0.2) is 9.84 Å². The first-order valence-electron chi connectivity index (χ1n) is 9.72. The average Bonchev–Trinajstić information content (AvgIpc) is 3.03. The van der Waals surface area contributed by atoms with Crippen LogP contribution in [0.15, 0.2) is 29.2 Å². The van der Waals surface area contributed by atoms with Gasteiger partial charge in [-0.3, -0.25) is 9.59 Å². The number of esters is 1. The summed E-state index contributed by atoms with van der Waals surface area (Å²) in [5.74, 6) is -1.63. The maximum atomic E-state index is 12.4. The van der Waals surface area contributed by atoms with Gasteiger partial charge in [-0.05, 0) is 44.9 Å². The van der Waals surface area contributed by atoms with E-state index in [4.69, 9.17) is 4.74 Å². The van der Waals surface area contributed by atoms with Crippen molar-refractivity contribution in [3.63, 3.8) is 0 Å². The minimum absolute atomic E-state index is 0.0516. The van der Waals surface area contributed by atoms with E-state index in [-0.39, 0.29) is 45.5 Å². The third-order valence-electron chi connectivity index (χ3n) is 4.51. The number of benzene rings is 1. The Labute approximate surface area is 185 Å². The molecule has 31 heavy (non-hydrogen) atoms. The molecule has 8 nitrogen and oxygen atoms in total. The maximum absolute atomic E-state index is 12.4. The van der Waals surface area contributed by atoms with Crippen molar-refractivity contribution in [1.29, 1.82) is 0 Å². The Kier molecular flexibility index (Phi) is 8.35. The number of nitrogens with one attached hydrogen (secondary N) is 2. The van der Waals surface area contributed by atoms with Gasteiger partial charge in [-0.2, -0.15) is 0 Å². The van der Waals surface area contributed by atoms with Crippen molar-refractivity contribution in [3.05, 3.63) is 45.8 Å². The van der Waals surface area contributed by atoms with Crippen LogP contribution in [0.3, 0.4) is 0 Å². The van der Waals surface area contributed by atoms with Gasteiger partial charge in [0.1, 0.15) is 9.88 Å². The summed E-state index contributed by atoms with van der Waals surface area (Å²) in [4.78, 5) is 37.3. The summed E-state index contributed by atoms with van der Waals surface area (Å²) < 4.78 is 29.8. The van der Waals surface area contributed by atoms with Crippen LogP contribution in [0.1, 0.15) is 50.9 Å². The second-order valence-corrected chi connectivity index (χ2v) is 9.97. The SMILES string of the molecule is CCOC(=O)c1sc(NC(=O)CCCS(=O)(=O)c2ccc(C)cc2)c(C(=O)NC)c1C. The standard InChI is InChI=1S/C21H26N2O6S2/c1-5-29-21(26)18-14(3)17(19(25)22-4)20(30-18)23-16(24)7-6-12-31(27,28)15-10-8-13(2)9-11-15/h8-11H,5-7,12H2,1-4H3,(H,22,25)(H,23,24). The van der Waals surface area contributed by atoms with Crippen molar-refractivity contribution in [2.24, 2.45) is 0 Å². The van der Waals surface area contributed by atoms with Gasteiger partial charge >= 0.3 is 5.97 Å². The fourth-order valence-electron chi connectivity index (χ4n) is 2.87. The van der Waals surface area contributed by atoms with E-state index in [9.17, 15) is 22.8 Å². The topological polar surface area (TPSA) is 119 Å². The highest BCUT2D eigenvalue weighted by atomic mass is 32.2. The van der Waals surface area contributed by atoms with Crippen molar-refractivity contribution >= 4 is 44.0 Å². The molecule has 1 aromatic heterocycles. The molecule has 1 aromatic carbocycles. The van der Waals surface area contributed by atoms with Gasteiger partial charge in [-0.15, -0.1) is 11.3 Å². The molecule has 0 spiro atoms. The first-order chi connectivity index (χ1) is 14.6. The van der Waals surface area contributed by atoms with Crippen LogP contribution >= 0.6 is 11.3 Å². The molecule has 10 heteroatoms. The average molecular weight is 467 g/mol. The number of ether oxygens (including phenoxy) is 1. The van der Waals surface area contributed by atoms with E-state index in [0.29, 0.717) is 5.56 Å². The lowest BCUT2D eigenvalue weighted by Gasteiger charge is -2.07. The molecule has 0 saturated heterocycles. The highest BCUT2D eigenvalue weighted by Gasteiger charge is 2.26. The summed E-state index contributed by atoms with van der Waals surface area (Å²) in [6.07, 6.45) is 0.0659. The van der Waals surface area contributed by atoms with E-state index in [1.807, 2.05) is 6.92 Å². The van der Waals surface area contributed by atoms with Crippen LogP contribution in [0.4, 0.5) is 5.00 Å². The maximum Gasteiger partial charge on any atom is 0.348 e. The zero-order valence-electron chi connectivity index (χ0n) is 17.9. The number of hydrogen-bond acceptors (Lipinski definition) is 7. The fourth-order valence-corrected chi connectivity index (χ4v) is 5.29. The summed E-state index contributed by atoms with van der Waals surface area (Å²) >= 11 is 0.958. The smallest absolute Gasteiger partial charge is 0.348 e. The van der Waals surface area contributed by atoms with Gasteiger partial charge in [0.05, 0.1) is 22.8 Å². The van der Waals surface area contributed by atoms with Gasteiger partial charge < -0.3 is 15.4 Å². The molecule has 0 aliphatic rings. The number of aryl methyl sites for hydroxylation is 1. The van der Waals surface area contributed by atoms with E-state index in [1.54, 1.807) is 38.1 Å². The van der Waals surface area contributed by atoms with Crippen LogP contribution in [-0.4, -0.2) is 45.6 Å². The molecular weight excluding hydrogens is 440 g/mol. The van der Waals surface area contributed by atoms with Gasteiger partial charge in [0.25, 0.3) is 5.91 Å². The second-order valence-electron chi connectivity index (χ2n) is 6.84. The lowest BCUT2D eigenvalue weighted by molar-refractivity contribution is -0.116. The lowest BCUT2D eigenvalue weighted by atomic mass is 10.1. The summed E-state index contributed by atoms with van der Waals surface area (Å²) in [7, 11) is -2.04. The molecule has 0 fully saturated rings. The summed E-state index contributed by atoms with van der Waals surface area (Å²) in [5, 5.41) is 5.35. The minimum atomic E-state index is -3.49. The Bertz CT molecular complexity index is 1070. The van der Waals surface area contributed by atoms with E-state index < -0.39 is 27.6 Å². The number of sulfone groups is 1. The first kappa shape index (κ1) is 24.5. The third-order valence-corrected chi connectivity index (χ3v) is 7.52. The van der Waals surface area contributed by atoms with Gasteiger partial charge in [0, 0.05) is 13.5 Å². The highest BCUT2D eigenvalue weighted by molar-refractivity contribution is 7.91. The van der Waals surface area contributed by atoms with E-state index in [1.165, 1.54) is 7.05 Å². The second kappa shape index (κ2) is 10.5. The molecule has 2 aromatic rings. The molecule has 168 valence electrons. The third kappa shape index (κ3) is 6.14. The number of carbonyl (C=O) groups excluding carboxylic acids is 3. The zero-order valence-corrected chi connectivity index (χ0v) is 19.5. The Hall–Kier alpha value is -2.72. The molecule has 2 N–H and O–H groups in total. The fraction of sp³-hybridized carbons (Fsp3) is 0.381. The molecule has 2 amide bonds. The van der Waals surface area contributed by atoms with Crippen LogP contribution in [0.25, 0.3) is 0 Å². The van der Waals surface area contributed by atoms with Crippen LogP contribution in [-0.2, 0) is 19.4 Å². The largest absolute Gasteiger partial charge is 0.462 e. The minimum Gasteiger partial charge on any atom is -0.462 e. The molecule has 0 bridgehead atoms. The zero-order chi connectivity index (χ0) is 23.2. The van der Waals surface area contributed by atoms with Crippen LogP contribution in [0, 0.1) is 13.8 Å². The quantitative estimate of drug-likeness (QED) is 0.548. The Morgan fingerprint density at radius 1 is 1.10 bits per heavy atom. The van der Waals surface area contributed by atoms with Gasteiger partial charge in [-0.25, -0.2) is 13.2 Å². The van der Waals surface area contributed by atoms with Crippen molar-refractivity contribution < 1.29 is 27.5 Å². The number of thiophene rings is 1. The normalized spacial score (nSPS) is 11.1. The summed E-state index contributed by atoms with van der Waals surface area (Å²) in [6.45, 7) is 5.33. The van der Waals surface area contributed by atoms with Crippen molar-refractivity contribution in [2.45, 2.75) is 38.5 Å². The summed E-state index contributed by atoms with van der Waals surface area (Å²) in [6, 6.07) is 6.54. The molecule has 0 radical (unpaired) electrons. The lowest BCUT2D eigenvalue weighted by Crippen LogP contribution is -2.21. The van der Waals surface area contributed by atoms with Crippen molar-refractivity contribution in [1.82, 2.24) is 5.32 Å². The highest BCUT2D eigenvalue weighted by Crippen LogP contribution is 2.33. The predicted molar refractivity (Wildman–Crippen MR) is 119 cm³/mol. The molecule has 0 unspecified atom stereocenters. The Morgan fingerprint density at radius 3 is 2.32 bits per heavy atom. The van der Waals surface area contributed by atoms with E-state index >= 15 is 0 Å². The Balaban J connectivity index is 2.09. The van der Waals surface area contributed by atoms with Crippen molar-refractivity contribution in [2.75, 3.05) is 24.7 Å². The molecule has 2 rings (SSSR count). The van der Waals surface area contributed by atoms with Crippen molar-refractivity contribution in [3.8, 4) is 0 Å². The number of carbonyl (C=O) groups is 3. The van der Waals surface area contributed by atoms with Crippen LogP contribution in [0.5, 0.6) is 0 Å². The molecule has 0 aliphatic carbocycles. The van der Waals surface area contributed by atoms with Gasteiger partial charge in [0.2, 0.25) is 5.91 Å². The van der Waals surface area contributed by atoms with E-state index in [0.717, 1.165) is 16.9 Å². The molecule has 1 heterocycles. The molecule has 0 atom stereocenters. The van der Waals surface area contributed by atoms with Crippen LogP contribution in [0.2, 0.25) is 0 Å². The molecule has 0 saturated carbocycles. The number of rotatable bonds is 9. The number of hydrogen-bond donors (Lipinski definition) is 2. The van der Waals surface area contributed by atoms with Crippen LogP contribution < -0.4 is 10.6 Å². The van der Waals surface area contributed by atoms with Gasteiger partial charge in [-0.1, -0.05) is 17.7 Å². The number of anilines is 1. The molecular formula is C21H26N2O6S2. The molecule has 0 aliphatic heterocycles. The monoisotopic (exact) mass is 466 g/mol. The van der Waals surface area contributed by atoms with E-state index in [2.05, 4.69) is 10.6 Å². The predicted octanol–water partition coefficient (Wildman–Crippen LogP) is 3.09. The summed E-state index contributed by atoms with van der Waals surface area (Å²) in [5.41, 5.74) is 1.56. The first-order valence-corrected chi connectivity index (χ1v) is 12.2. The number of amides is 2.